The Balaban J connectivity index is 1.88. The predicted molar refractivity (Wildman–Crippen MR) is 71.9 cm³/mol. The first-order valence-corrected chi connectivity index (χ1v) is 7.01. The number of aryl methyl sites for hydroxylation is 2. The van der Waals surface area contributed by atoms with E-state index in [9.17, 15) is 9.90 Å². The van der Waals surface area contributed by atoms with Crippen LogP contribution >= 0.6 is 0 Å². The maximum Gasteiger partial charge on any atom is 0.256 e. The van der Waals surface area contributed by atoms with E-state index in [0.717, 1.165) is 37.1 Å². The molecule has 2 bridgehead atoms. The second-order valence-electron chi connectivity index (χ2n) is 5.81. The minimum absolute atomic E-state index is 0.0874. The second-order valence-corrected chi connectivity index (χ2v) is 5.81. The molecule has 19 heavy (non-hydrogen) atoms. The number of carbonyl (C=O) groups is 1. The molecule has 2 atom stereocenters. The lowest BCUT2D eigenvalue weighted by Crippen LogP contribution is -2.48. The summed E-state index contributed by atoms with van der Waals surface area (Å²) in [6.45, 7) is 3.82. The van der Waals surface area contributed by atoms with Crippen LogP contribution in [0.2, 0.25) is 0 Å². The van der Waals surface area contributed by atoms with Gasteiger partial charge in [0, 0.05) is 17.8 Å². The van der Waals surface area contributed by atoms with E-state index in [1.165, 1.54) is 0 Å². The summed E-state index contributed by atoms with van der Waals surface area (Å²) in [6.07, 6.45) is 3.25. The number of pyridine rings is 1. The van der Waals surface area contributed by atoms with Gasteiger partial charge in [0.2, 0.25) is 0 Å². The molecule has 2 aliphatic heterocycles. The van der Waals surface area contributed by atoms with Crippen LogP contribution in [0.15, 0.2) is 12.1 Å². The molecule has 4 nitrogen and oxygen atoms in total. The van der Waals surface area contributed by atoms with Crippen molar-refractivity contribution in [2.75, 3.05) is 0 Å². The fourth-order valence-corrected chi connectivity index (χ4v) is 3.53. The van der Waals surface area contributed by atoms with Gasteiger partial charge in [0.25, 0.3) is 5.91 Å². The van der Waals surface area contributed by atoms with E-state index in [1.807, 2.05) is 30.9 Å². The summed E-state index contributed by atoms with van der Waals surface area (Å²) in [6, 6.07) is 4.19. The van der Waals surface area contributed by atoms with Gasteiger partial charge in [-0.3, -0.25) is 9.78 Å². The molecule has 3 heterocycles. The van der Waals surface area contributed by atoms with E-state index in [0.29, 0.717) is 5.56 Å². The van der Waals surface area contributed by atoms with Crippen LogP contribution in [-0.4, -0.2) is 39.1 Å². The molecule has 0 spiro atoms. The van der Waals surface area contributed by atoms with Crippen LogP contribution in [0.3, 0.4) is 0 Å². The van der Waals surface area contributed by atoms with Crippen LogP contribution in [0.25, 0.3) is 0 Å². The maximum atomic E-state index is 12.7. The summed E-state index contributed by atoms with van der Waals surface area (Å²) >= 11 is 0. The summed E-state index contributed by atoms with van der Waals surface area (Å²) in [5, 5.41) is 9.80. The highest BCUT2D eigenvalue weighted by Gasteiger charge is 2.43. The van der Waals surface area contributed by atoms with Gasteiger partial charge in [0.15, 0.2) is 0 Å². The molecule has 0 saturated carbocycles. The molecule has 0 radical (unpaired) electrons. The third-order valence-corrected chi connectivity index (χ3v) is 4.40. The van der Waals surface area contributed by atoms with E-state index < -0.39 is 0 Å². The molecule has 1 aromatic heterocycles. The Bertz CT molecular complexity index is 501. The third kappa shape index (κ3) is 2.14. The number of aliphatic hydroxyl groups is 1. The van der Waals surface area contributed by atoms with Gasteiger partial charge in [-0.05, 0) is 51.7 Å². The van der Waals surface area contributed by atoms with E-state index in [4.69, 9.17) is 0 Å². The number of piperidine rings is 1. The Morgan fingerprint density at radius 3 is 2.47 bits per heavy atom. The van der Waals surface area contributed by atoms with Gasteiger partial charge in [-0.2, -0.15) is 0 Å². The average molecular weight is 260 g/mol. The monoisotopic (exact) mass is 260 g/mol. The molecule has 1 N–H and O–H groups in total. The molecule has 0 aliphatic carbocycles. The Morgan fingerprint density at radius 1 is 1.26 bits per heavy atom. The van der Waals surface area contributed by atoms with Crippen LogP contribution in [-0.2, 0) is 0 Å². The standard InChI is InChI=1S/C15H20N2O2/c1-9-3-6-14(10(2)16-9)15(19)17-11-4-5-12(17)8-13(18)7-11/h3,6,11-13,18H,4-5,7-8H2,1-2H3. The van der Waals surface area contributed by atoms with Crippen LogP contribution in [0.5, 0.6) is 0 Å². The van der Waals surface area contributed by atoms with Crippen LogP contribution < -0.4 is 0 Å². The van der Waals surface area contributed by atoms with E-state index in [-0.39, 0.29) is 24.1 Å². The highest BCUT2D eigenvalue weighted by Crippen LogP contribution is 2.36. The molecule has 2 unspecified atom stereocenters. The lowest BCUT2D eigenvalue weighted by atomic mass is 9.98. The zero-order chi connectivity index (χ0) is 13.6. The van der Waals surface area contributed by atoms with Gasteiger partial charge in [0.1, 0.15) is 0 Å². The highest BCUT2D eigenvalue weighted by atomic mass is 16.3. The number of amides is 1. The lowest BCUT2D eigenvalue weighted by Gasteiger charge is -2.37. The Kier molecular flexibility index (Phi) is 3.05. The number of aliphatic hydroxyl groups excluding tert-OH is 1. The molecule has 3 rings (SSSR count). The summed E-state index contributed by atoms with van der Waals surface area (Å²) < 4.78 is 0. The fraction of sp³-hybridized carbons (Fsp3) is 0.600. The van der Waals surface area contributed by atoms with Gasteiger partial charge < -0.3 is 10.0 Å². The SMILES string of the molecule is Cc1ccc(C(=O)N2C3CCC2CC(O)C3)c(C)n1. The molecular formula is C15H20N2O2. The average Bonchev–Trinajstić information content (AvgIpc) is 2.61. The van der Waals surface area contributed by atoms with Gasteiger partial charge in [0.05, 0.1) is 17.4 Å². The van der Waals surface area contributed by atoms with Gasteiger partial charge in [-0.25, -0.2) is 0 Å². The molecule has 102 valence electrons. The number of fused-ring (bicyclic) bond motifs is 2. The maximum absolute atomic E-state index is 12.7. The molecule has 4 heteroatoms. The summed E-state index contributed by atoms with van der Waals surface area (Å²) in [7, 11) is 0. The van der Waals surface area contributed by atoms with Crippen molar-refractivity contribution >= 4 is 5.91 Å². The van der Waals surface area contributed by atoms with Crippen molar-refractivity contribution < 1.29 is 9.90 Å². The normalized spacial score (nSPS) is 29.6. The second kappa shape index (κ2) is 4.60. The third-order valence-electron chi connectivity index (χ3n) is 4.40. The number of hydrogen-bond acceptors (Lipinski definition) is 3. The molecule has 2 saturated heterocycles. The Labute approximate surface area is 113 Å². The molecule has 1 amide bonds. The molecule has 0 aromatic carbocycles. The minimum atomic E-state index is -0.237. The van der Waals surface area contributed by atoms with Crippen molar-refractivity contribution in [3.8, 4) is 0 Å². The first-order chi connectivity index (χ1) is 9.06. The van der Waals surface area contributed by atoms with E-state index in [1.54, 1.807) is 0 Å². The summed E-state index contributed by atoms with van der Waals surface area (Å²) in [4.78, 5) is 19.1. The largest absolute Gasteiger partial charge is 0.393 e. The van der Waals surface area contributed by atoms with Crippen molar-refractivity contribution in [1.82, 2.24) is 9.88 Å². The lowest BCUT2D eigenvalue weighted by molar-refractivity contribution is 0.0286. The van der Waals surface area contributed by atoms with Gasteiger partial charge in [-0.1, -0.05) is 0 Å². The van der Waals surface area contributed by atoms with Gasteiger partial charge >= 0.3 is 0 Å². The number of aromatic nitrogens is 1. The number of hydrogen-bond donors (Lipinski definition) is 1. The smallest absolute Gasteiger partial charge is 0.256 e. The van der Waals surface area contributed by atoms with Gasteiger partial charge in [-0.15, -0.1) is 0 Å². The highest BCUT2D eigenvalue weighted by molar-refractivity contribution is 5.96. The van der Waals surface area contributed by atoms with E-state index >= 15 is 0 Å². The van der Waals surface area contributed by atoms with Crippen molar-refractivity contribution in [3.63, 3.8) is 0 Å². The molecule has 2 fully saturated rings. The molecule has 2 aliphatic rings. The van der Waals surface area contributed by atoms with Crippen molar-refractivity contribution in [2.24, 2.45) is 0 Å². The number of rotatable bonds is 1. The quantitative estimate of drug-likeness (QED) is 0.838. The summed E-state index contributed by atoms with van der Waals surface area (Å²) in [5.74, 6) is 0.0874. The fourth-order valence-electron chi connectivity index (χ4n) is 3.53. The first-order valence-electron chi connectivity index (χ1n) is 7.01. The predicted octanol–water partition coefficient (Wildman–Crippen LogP) is 1.83. The zero-order valence-corrected chi connectivity index (χ0v) is 11.5. The Morgan fingerprint density at radius 2 is 1.89 bits per heavy atom. The van der Waals surface area contributed by atoms with Crippen molar-refractivity contribution in [2.45, 2.75) is 57.7 Å². The van der Waals surface area contributed by atoms with Crippen LogP contribution in [0.4, 0.5) is 0 Å². The van der Waals surface area contributed by atoms with E-state index in [2.05, 4.69) is 4.98 Å². The Hall–Kier alpha value is -1.42. The number of carbonyl (C=O) groups excluding carboxylic acids is 1. The molecular weight excluding hydrogens is 240 g/mol. The topological polar surface area (TPSA) is 53.4 Å². The number of nitrogens with zero attached hydrogens (tertiary/aromatic N) is 2. The van der Waals surface area contributed by atoms with Crippen molar-refractivity contribution in [1.29, 1.82) is 0 Å². The van der Waals surface area contributed by atoms with Crippen LogP contribution in [0, 0.1) is 13.8 Å². The summed E-state index contributed by atoms with van der Waals surface area (Å²) in [5.41, 5.74) is 2.44. The molecule has 1 aromatic rings. The minimum Gasteiger partial charge on any atom is -0.393 e. The first kappa shape index (κ1) is 12.6. The van der Waals surface area contributed by atoms with Crippen LogP contribution in [0.1, 0.15) is 47.4 Å². The zero-order valence-electron chi connectivity index (χ0n) is 11.5. The van der Waals surface area contributed by atoms with Crippen molar-refractivity contribution in [3.05, 3.63) is 29.1 Å².